The molecule has 2 aliphatic rings. The van der Waals surface area contributed by atoms with Crippen molar-refractivity contribution in [2.75, 3.05) is 13.1 Å². The Morgan fingerprint density at radius 3 is 2.44 bits per heavy atom. The number of likely N-dealkylation sites (tertiary alicyclic amines) is 1. The van der Waals surface area contributed by atoms with Gasteiger partial charge in [-0.3, -0.25) is 0 Å². The van der Waals surface area contributed by atoms with Crippen LogP contribution in [0.25, 0.3) is 0 Å². The van der Waals surface area contributed by atoms with Crippen LogP contribution >= 0.6 is 0 Å². The SMILES string of the molecule is Cc1nccc2c(ccn1CC(C)C)C1CC2CN(C(=O)OC(C)(C)C)C1. The molecular formula is C22H33N3O2. The summed E-state index contributed by atoms with van der Waals surface area (Å²) in [5.41, 5.74) is 2.21. The second-order valence-electron chi connectivity index (χ2n) is 9.28. The first kappa shape index (κ1) is 19.7. The number of rotatable bonds is 2. The molecule has 1 aromatic rings. The fourth-order valence-electron chi connectivity index (χ4n) is 4.13. The number of aromatic nitrogens is 2. The van der Waals surface area contributed by atoms with Crippen molar-refractivity contribution in [3.05, 3.63) is 41.5 Å². The summed E-state index contributed by atoms with van der Waals surface area (Å²) < 4.78 is 7.82. The molecule has 148 valence electrons. The highest BCUT2D eigenvalue weighted by molar-refractivity contribution is 5.69. The molecule has 0 saturated carbocycles. The lowest BCUT2D eigenvalue weighted by Gasteiger charge is -2.33. The maximum absolute atomic E-state index is 12.6. The van der Waals surface area contributed by atoms with Gasteiger partial charge in [0.2, 0.25) is 0 Å². The molecule has 2 unspecified atom stereocenters. The van der Waals surface area contributed by atoms with Gasteiger partial charge in [0.15, 0.2) is 0 Å². The van der Waals surface area contributed by atoms with Crippen LogP contribution in [-0.2, 0) is 11.3 Å². The first-order valence-electron chi connectivity index (χ1n) is 10.0. The molecule has 1 aliphatic heterocycles. The van der Waals surface area contributed by atoms with Crippen molar-refractivity contribution in [2.24, 2.45) is 5.92 Å². The van der Waals surface area contributed by atoms with Gasteiger partial charge in [-0.15, -0.1) is 0 Å². The van der Waals surface area contributed by atoms with E-state index in [9.17, 15) is 4.79 Å². The average Bonchev–Trinajstić information content (AvgIpc) is 2.82. The van der Waals surface area contributed by atoms with Crippen molar-refractivity contribution in [1.82, 2.24) is 14.5 Å². The van der Waals surface area contributed by atoms with Crippen LogP contribution in [0, 0.1) is 12.8 Å². The molecule has 1 aromatic heterocycles. The first-order chi connectivity index (χ1) is 12.6. The summed E-state index contributed by atoms with van der Waals surface area (Å²) >= 11 is 0. The summed E-state index contributed by atoms with van der Waals surface area (Å²) in [7, 11) is 0. The topological polar surface area (TPSA) is 47.4 Å². The summed E-state index contributed by atoms with van der Waals surface area (Å²) in [6.45, 7) is 14.6. The maximum Gasteiger partial charge on any atom is 0.410 e. The Bertz CT molecular complexity index is 759. The third-order valence-corrected chi connectivity index (χ3v) is 5.24. The van der Waals surface area contributed by atoms with Gasteiger partial charge in [0.1, 0.15) is 11.4 Å². The smallest absolute Gasteiger partial charge is 0.410 e. The van der Waals surface area contributed by atoms with Gasteiger partial charge in [-0.25, -0.2) is 9.78 Å². The van der Waals surface area contributed by atoms with E-state index in [1.54, 1.807) is 0 Å². The molecule has 5 nitrogen and oxygen atoms in total. The number of piperidine rings is 1. The molecule has 3 rings (SSSR count). The lowest BCUT2D eigenvalue weighted by molar-refractivity contribution is 0.0193. The molecule has 5 heteroatoms. The molecule has 0 spiro atoms. The zero-order valence-corrected chi connectivity index (χ0v) is 17.5. The van der Waals surface area contributed by atoms with Crippen LogP contribution in [0.5, 0.6) is 0 Å². The van der Waals surface area contributed by atoms with Crippen LogP contribution in [0.1, 0.15) is 69.8 Å². The predicted octanol–water partition coefficient (Wildman–Crippen LogP) is 4.79. The molecule has 2 atom stereocenters. The summed E-state index contributed by atoms with van der Waals surface area (Å²) in [6.07, 6.45) is 4.99. The molecule has 0 aromatic carbocycles. The lowest BCUT2D eigenvalue weighted by Crippen LogP contribution is -2.42. The number of carbonyl (C=O) groups is 1. The minimum Gasteiger partial charge on any atom is -0.444 e. The number of ether oxygens (including phenoxy) is 1. The van der Waals surface area contributed by atoms with Gasteiger partial charge in [0, 0.05) is 43.9 Å². The quantitative estimate of drug-likeness (QED) is 0.751. The summed E-state index contributed by atoms with van der Waals surface area (Å²) in [4.78, 5) is 19.1. The van der Waals surface area contributed by atoms with Crippen molar-refractivity contribution in [1.29, 1.82) is 0 Å². The number of aryl methyl sites for hydroxylation is 1. The van der Waals surface area contributed by atoms with Gasteiger partial charge in [-0.05, 0) is 63.3 Å². The zero-order valence-electron chi connectivity index (χ0n) is 17.5. The van der Waals surface area contributed by atoms with Crippen LogP contribution in [0.3, 0.4) is 0 Å². The summed E-state index contributed by atoms with van der Waals surface area (Å²) in [5, 5.41) is 0. The Morgan fingerprint density at radius 1 is 1.22 bits per heavy atom. The molecule has 0 N–H and O–H groups in total. The van der Waals surface area contributed by atoms with Gasteiger partial charge in [0.05, 0.1) is 0 Å². The summed E-state index contributed by atoms with van der Waals surface area (Å²) in [5.74, 6) is 2.30. The number of amides is 1. The van der Waals surface area contributed by atoms with Crippen LogP contribution in [-0.4, -0.2) is 39.2 Å². The van der Waals surface area contributed by atoms with E-state index in [2.05, 4.69) is 48.7 Å². The number of hydrogen-bond donors (Lipinski definition) is 0. The Labute approximate surface area is 163 Å². The van der Waals surface area contributed by atoms with Crippen molar-refractivity contribution in [3.8, 4) is 0 Å². The molecule has 0 radical (unpaired) electrons. The Kier molecular flexibility index (Phi) is 5.50. The van der Waals surface area contributed by atoms with Crippen molar-refractivity contribution in [3.63, 3.8) is 0 Å². The standard InChI is InChI=1S/C22H33N3O2/c1-15(2)12-24-10-8-20-18-11-17(19(20)7-9-23-16(24)3)13-25(14-18)21(26)27-22(4,5)6/h7-10,15,17-18H,11-14H2,1-6H3. The van der Waals surface area contributed by atoms with Crippen molar-refractivity contribution >= 4 is 6.09 Å². The van der Waals surface area contributed by atoms with E-state index in [0.717, 1.165) is 31.9 Å². The first-order valence-corrected chi connectivity index (χ1v) is 10.0. The van der Waals surface area contributed by atoms with Crippen molar-refractivity contribution < 1.29 is 9.53 Å². The van der Waals surface area contributed by atoms with Crippen LogP contribution in [0.15, 0.2) is 24.5 Å². The highest BCUT2D eigenvalue weighted by atomic mass is 16.6. The van der Waals surface area contributed by atoms with Crippen LogP contribution in [0.4, 0.5) is 4.79 Å². The molecule has 1 amide bonds. The second-order valence-corrected chi connectivity index (χ2v) is 9.28. The molecular weight excluding hydrogens is 338 g/mol. The van der Waals surface area contributed by atoms with Crippen molar-refractivity contribution in [2.45, 2.75) is 71.9 Å². The number of hydrogen-bond acceptors (Lipinski definition) is 3. The van der Waals surface area contributed by atoms with E-state index < -0.39 is 5.60 Å². The lowest BCUT2D eigenvalue weighted by atomic mass is 9.96. The zero-order chi connectivity index (χ0) is 19.8. The highest BCUT2D eigenvalue weighted by Crippen LogP contribution is 2.45. The minimum atomic E-state index is -0.461. The van der Waals surface area contributed by atoms with Gasteiger partial charge in [0.25, 0.3) is 0 Å². The molecule has 27 heavy (non-hydrogen) atoms. The average molecular weight is 372 g/mol. The Balaban J connectivity index is 1.91. The second kappa shape index (κ2) is 7.53. The maximum atomic E-state index is 12.6. The van der Waals surface area contributed by atoms with Gasteiger partial charge in [-0.1, -0.05) is 13.8 Å². The van der Waals surface area contributed by atoms with E-state index >= 15 is 0 Å². The molecule has 1 saturated heterocycles. The normalized spacial score (nSPS) is 21.1. The van der Waals surface area contributed by atoms with E-state index in [1.165, 1.54) is 11.1 Å². The van der Waals surface area contributed by atoms with E-state index in [0.29, 0.717) is 17.8 Å². The van der Waals surface area contributed by atoms with E-state index in [1.807, 2.05) is 31.9 Å². The number of fused-ring (bicyclic) bond motifs is 5. The third kappa shape index (κ3) is 4.63. The molecule has 2 bridgehead atoms. The fourth-order valence-corrected chi connectivity index (χ4v) is 4.13. The van der Waals surface area contributed by atoms with Crippen LogP contribution < -0.4 is 0 Å². The third-order valence-electron chi connectivity index (χ3n) is 5.24. The van der Waals surface area contributed by atoms with Gasteiger partial charge in [-0.2, -0.15) is 0 Å². The number of carbonyl (C=O) groups excluding carboxylic acids is 1. The Hall–Kier alpha value is -2.04. The number of nitrogens with zero attached hydrogens (tertiary/aromatic N) is 3. The van der Waals surface area contributed by atoms with E-state index in [-0.39, 0.29) is 6.09 Å². The van der Waals surface area contributed by atoms with Gasteiger partial charge < -0.3 is 14.2 Å². The highest BCUT2D eigenvalue weighted by Gasteiger charge is 2.39. The minimum absolute atomic E-state index is 0.201. The summed E-state index contributed by atoms with van der Waals surface area (Å²) in [6, 6.07) is 4.39. The van der Waals surface area contributed by atoms with Crippen LogP contribution in [0.2, 0.25) is 0 Å². The monoisotopic (exact) mass is 371 g/mol. The largest absolute Gasteiger partial charge is 0.444 e. The van der Waals surface area contributed by atoms with Gasteiger partial charge >= 0.3 is 6.09 Å². The fraction of sp³-hybridized carbons (Fsp3) is 0.636. The molecule has 2 heterocycles. The predicted molar refractivity (Wildman–Crippen MR) is 107 cm³/mol. The molecule has 1 fully saturated rings. The Morgan fingerprint density at radius 2 is 1.85 bits per heavy atom. The molecule has 1 aliphatic carbocycles. The van der Waals surface area contributed by atoms with E-state index in [4.69, 9.17) is 4.74 Å².